The topological polar surface area (TPSA) is 56.9 Å². The first-order valence-corrected chi connectivity index (χ1v) is 15.4. The van der Waals surface area contributed by atoms with Crippen LogP contribution in [0.5, 0.6) is 0 Å². The summed E-state index contributed by atoms with van der Waals surface area (Å²) in [6, 6.07) is 29.2. The fourth-order valence-electron chi connectivity index (χ4n) is 5.33. The molecule has 1 fully saturated rings. The zero-order valence-corrected chi connectivity index (χ0v) is 24.6. The summed E-state index contributed by atoms with van der Waals surface area (Å²) in [6.45, 7) is 3.71. The van der Waals surface area contributed by atoms with Gasteiger partial charge in [-0.05, 0) is 97.2 Å². The van der Waals surface area contributed by atoms with Gasteiger partial charge in [0.05, 0.1) is 22.9 Å². The number of aryl methyl sites for hydroxylation is 1. The van der Waals surface area contributed by atoms with Crippen LogP contribution in [0.3, 0.4) is 0 Å². The molecule has 0 aliphatic heterocycles. The van der Waals surface area contributed by atoms with Gasteiger partial charge in [0.1, 0.15) is 0 Å². The number of thioether (sulfide) groups is 1. The number of pyridine rings is 1. The molecular formula is C35H35ClN2OS. The quantitative estimate of drug-likeness (QED) is 0.196. The van der Waals surface area contributed by atoms with E-state index in [0.29, 0.717) is 28.5 Å². The van der Waals surface area contributed by atoms with Gasteiger partial charge in [0, 0.05) is 22.1 Å². The molecule has 0 spiro atoms. The van der Waals surface area contributed by atoms with Gasteiger partial charge in [0.2, 0.25) is 0 Å². The van der Waals surface area contributed by atoms with E-state index in [1.165, 1.54) is 17.5 Å². The standard InChI is InChI=1S/C35H35ClN2OS/c1-35(2,39)32-9-4-3-7-25(32)13-17-34(40-23-29-21-27(29)18-19-37)28-8-5-6-24(20-28)10-15-31-16-12-26-11-14-30(36)22-33(26)38-31/h3-12,14-16,20,22,27,29,34,39H,13,17-18,21,23H2,1-2H3/b15-10+. The predicted octanol–water partition coefficient (Wildman–Crippen LogP) is 9.24. The Balaban J connectivity index is 1.35. The van der Waals surface area contributed by atoms with Crippen molar-refractivity contribution in [1.82, 2.24) is 4.98 Å². The summed E-state index contributed by atoms with van der Waals surface area (Å²) in [5, 5.41) is 21.9. The van der Waals surface area contributed by atoms with Crippen LogP contribution in [-0.2, 0) is 12.0 Å². The Bertz CT molecular complexity index is 1550. The summed E-state index contributed by atoms with van der Waals surface area (Å²) < 4.78 is 0. The number of hydrogen-bond acceptors (Lipinski definition) is 4. The number of aliphatic hydroxyl groups is 1. The highest BCUT2D eigenvalue weighted by molar-refractivity contribution is 7.99. The Morgan fingerprint density at radius 3 is 2.70 bits per heavy atom. The molecule has 5 rings (SSSR count). The number of nitriles is 1. The van der Waals surface area contributed by atoms with Crippen LogP contribution in [0.15, 0.2) is 78.9 Å². The number of halogens is 1. The molecule has 0 saturated heterocycles. The average Bonchev–Trinajstić information content (AvgIpc) is 3.69. The number of benzene rings is 3. The molecule has 1 heterocycles. The molecule has 40 heavy (non-hydrogen) atoms. The Labute approximate surface area is 246 Å². The number of nitrogens with zero attached hydrogens (tertiary/aromatic N) is 2. The van der Waals surface area contributed by atoms with E-state index in [1.54, 1.807) is 0 Å². The van der Waals surface area contributed by atoms with Crippen LogP contribution in [-0.4, -0.2) is 15.8 Å². The molecular weight excluding hydrogens is 532 g/mol. The Hall–Kier alpha value is -3.10. The molecule has 1 N–H and O–H groups in total. The SMILES string of the molecule is CC(C)(O)c1ccccc1CCC(SCC1CC1CC#N)c1cccc(/C=C/c2ccc3ccc(Cl)cc3n2)c1. The third-order valence-electron chi connectivity index (χ3n) is 7.69. The Kier molecular flexibility index (Phi) is 8.96. The fraction of sp³-hybridized carbons (Fsp3) is 0.314. The molecule has 1 saturated carbocycles. The van der Waals surface area contributed by atoms with E-state index in [4.69, 9.17) is 21.8 Å². The minimum Gasteiger partial charge on any atom is -0.386 e. The highest BCUT2D eigenvalue weighted by atomic mass is 35.5. The maximum absolute atomic E-state index is 10.7. The van der Waals surface area contributed by atoms with Crippen LogP contribution in [0.2, 0.25) is 5.02 Å². The van der Waals surface area contributed by atoms with E-state index in [2.05, 4.69) is 60.7 Å². The first-order valence-electron chi connectivity index (χ1n) is 13.9. The van der Waals surface area contributed by atoms with Gasteiger partial charge in [0.15, 0.2) is 0 Å². The minimum absolute atomic E-state index is 0.326. The molecule has 3 aromatic carbocycles. The van der Waals surface area contributed by atoms with E-state index < -0.39 is 5.60 Å². The first-order chi connectivity index (χ1) is 19.3. The molecule has 204 valence electrons. The largest absolute Gasteiger partial charge is 0.386 e. The monoisotopic (exact) mass is 566 g/mol. The molecule has 0 bridgehead atoms. The molecule has 3 atom stereocenters. The van der Waals surface area contributed by atoms with Gasteiger partial charge in [-0.3, -0.25) is 0 Å². The summed E-state index contributed by atoms with van der Waals surface area (Å²) in [7, 11) is 0. The molecule has 1 aliphatic rings. The van der Waals surface area contributed by atoms with Gasteiger partial charge < -0.3 is 5.11 Å². The molecule has 1 aliphatic carbocycles. The predicted molar refractivity (Wildman–Crippen MR) is 169 cm³/mol. The van der Waals surface area contributed by atoms with Crippen LogP contribution < -0.4 is 0 Å². The van der Waals surface area contributed by atoms with Crippen molar-refractivity contribution < 1.29 is 5.11 Å². The van der Waals surface area contributed by atoms with E-state index in [9.17, 15) is 5.11 Å². The van der Waals surface area contributed by atoms with Crippen molar-refractivity contribution in [2.24, 2.45) is 11.8 Å². The van der Waals surface area contributed by atoms with Crippen molar-refractivity contribution in [3.05, 3.63) is 112 Å². The minimum atomic E-state index is -0.870. The Morgan fingerprint density at radius 1 is 1.05 bits per heavy atom. The lowest BCUT2D eigenvalue weighted by Gasteiger charge is -2.23. The lowest BCUT2D eigenvalue weighted by atomic mass is 9.90. The van der Waals surface area contributed by atoms with Crippen molar-refractivity contribution >= 4 is 46.4 Å². The van der Waals surface area contributed by atoms with Gasteiger partial charge >= 0.3 is 0 Å². The van der Waals surface area contributed by atoms with Crippen molar-refractivity contribution in [3.63, 3.8) is 0 Å². The van der Waals surface area contributed by atoms with Crippen LogP contribution in [0.1, 0.15) is 66.3 Å². The van der Waals surface area contributed by atoms with Crippen LogP contribution in [0, 0.1) is 23.2 Å². The molecule has 4 aromatic rings. The Morgan fingerprint density at radius 2 is 1.88 bits per heavy atom. The second-order valence-electron chi connectivity index (χ2n) is 11.3. The van der Waals surface area contributed by atoms with Crippen molar-refractivity contribution in [3.8, 4) is 6.07 Å². The van der Waals surface area contributed by atoms with Gasteiger partial charge in [-0.2, -0.15) is 17.0 Å². The van der Waals surface area contributed by atoms with Crippen molar-refractivity contribution in [2.75, 3.05) is 5.75 Å². The van der Waals surface area contributed by atoms with Gasteiger partial charge in [-0.1, -0.05) is 78.3 Å². The van der Waals surface area contributed by atoms with Gasteiger partial charge in [0.25, 0.3) is 0 Å². The highest BCUT2D eigenvalue weighted by Crippen LogP contribution is 2.46. The highest BCUT2D eigenvalue weighted by Gasteiger charge is 2.37. The van der Waals surface area contributed by atoms with Gasteiger partial charge in [-0.25, -0.2) is 4.98 Å². The second-order valence-corrected chi connectivity index (χ2v) is 12.9. The molecule has 0 radical (unpaired) electrons. The molecule has 3 unspecified atom stereocenters. The molecule has 1 aromatic heterocycles. The molecule has 3 nitrogen and oxygen atoms in total. The van der Waals surface area contributed by atoms with E-state index in [-0.39, 0.29) is 0 Å². The lowest BCUT2D eigenvalue weighted by molar-refractivity contribution is 0.0776. The zero-order valence-electron chi connectivity index (χ0n) is 23.1. The summed E-state index contributed by atoms with van der Waals surface area (Å²) >= 11 is 8.19. The lowest BCUT2D eigenvalue weighted by Crippen LogP contribution is -2.18. The summed E-state index contributed by atoms with van der Waals surface area (Å²) in [4.78, 5) is 4.76. The second kappa shape index (κ2) is 12.6. The molecule has 0 amide bonds. The van der Waals surface area contributed by atoms with E-state index in [1.807, 2.05) is 62.0 Å². The fourth-order valence-corrected chi connectivity index (χ4v) is 7.01. The normalized spacial score (nSPS) is 17.7. The number of aromatic nitrogens is 1. The first kappa shape index (κ1) is 28.4. The maximum Gasteiger partial charge on any atom is 0.0843 e. The van der Waals surface area contributed by atoms with Gasteiger partial charge in [-0.15, -0.1) is 0 Å². The number of fused-ring (bicyclic) bond motifs is 1. The van der Waals surface area contributed by atoms with E-state index in [0.717, 1.165) is 46.3 Å². The molecule has 5 heteroatoms. The summed E-state index contributed by atoms with van der Waals surface area (Å²) in [6.07, 6.45) is 7.89. The van der Waals surface area contributed by atoms with Crippen LogP contribution in [0.25, 0.3) is 23.1 Å². The maximum atomic E-state index is 10.7. The van der Waals surface area contributed by atoms with Crippen molar-refractivity contribution in [2.45, 2.75) is 50.4 Å². The van der Waals surface area contributed by atoms with Crippen molar-refractivity contribution in [1.29, 1.82) is 5.26 Å². The third-order valence-corrected chi connectivity index (χ3v) is 9.46. The smallest absolute Gasteiger partial charge is 0.0843 e. The number of rotatable bonds is 11. The van der Waals surface area contributed by atoms with E-state index >= 15 is 0 Å². The summed E-state index contributed by atoms with van der Waals surface area (Å²) in [5.74, 6) is 2.28. The van der Waals surface area contributed by atoms with Crippen LogP contribution in [0.4, 0.5) is 0 Å². The third kappa shape index (κ3) is 7.34. The van der Waals surface area contributed by atoms with Crippen LogP contribution >= 0.6 is 23.4 Å². The average molecular weight is 567 g/mol. The number of hydrogen-bond donors (Lipinski definition) is 1. The zero-order chi connectivity index (χ0) is 28.1. The summed E-state index contributed by atoms with van der Waals surface area (Å²) in [5.41, 5.74) is 5.56.